The summed E-state index contributed by atoms with van der Waals surface area (Å²) in [6, 6.07) is 7.29. The van der Waals surface area contributed by atoms with Gasteiger partial charge in [-0.25, -0.2) is 4.39 Å². The summed E-state index contributed by atoms with van der Waals surface area (Å²) in [5.74, 6) is 1.47. The minimum absolute atomic E-state index is 0.216. The average Bonchev–Trinajstić information content (AvgIpc) is 2.59. The Labute approximate surface area is 145 Å². The van der Waals surface area contributed by atoms with E-state index in [1.165, 1.54) is 29.3 Å². The lowest BCUT2D eigenvalue weighted by atomic mass is 10.1. The molecule has 0 radical (unpaired) electrons. The number of aryl methyl sites for hydroxylation is 1. The van der Waals surface area contributed by atoms with Gasteiger partial charge in [0.15, 0.2) is 0 Å². The van der Waals surface area contributed by atoms with Crippen molar-refractivity contribution in [3.05, 3.63) is 59.2 Å². The van der Waals surface area contributed by atoms with Crippen LogP contribution in [0.3, 0.4) is 0 Å². The number of thioether (sulfide) groups is 1. The molecule has 0 atom stereocenters. The van der Waals surface area contributed by atoms with Crippen LogP contribution in [0.4, 0.5) is 10.1 Å². The number of anilines is 1. The van der Waals surface area contributed by atoms with Gasteiger partial charge < -0.3 is 5.32 Å². The Morgan fingerprint density at radius 3 is 2.83 bits per heavy atom. The van der Waals surface area contributed by atoms with Gasteiger partial charge in [0, 0.05) is 43.0 Å². The largest absolute Gasteiger partial charge is 0.322 e. The van der Waals surface area contributed by atoms with Crippen LogP contribution in [-0.4, -0.2) is 40.4 Å². The molecule has 0 aliphatic carbocycles. The Morgan fingerprint density at radius 2 is 2.08 bits per heavy atom. The molecule has 0 unspecified atom stereocenters. The molecule has 1 aromatic heterocycles. The normalized spacial score (nSPS) is 15.2. The molecule has 1 aromatic carbocycles. The van der Waals surface area contributed by atoms with E-state index in [0.29, 0.717) is 0 Å². The van der Waals surface area contributed by atoms with Crippen LogP contribution < -0.4 is 5.32 Å². The molecule has 0 bridgehead atoms. The van der Waals surface area contributed by atoms with E-state index in [1.807, 2.05) is 30.8 Å². The van der Waals surface area contributed by atoms with Gasteiger partial charge in [-0.15, -0.1) is 0 Å². The SMILES string of the molecule is Cc1ccc(CN2CCSCC2)cc1NC(=O)c1cncc(F)c1. The number of hydrogen-bond acceptors (Lipinski definition) is 4. The van der Waals surface area contributed by atoms with Crippen molar-refractivity contribution in [3.8, 4) is 0 Å². The van der Waals surface area contributed by atoms with Gasteiger partial charge in [-0.3, -0.25) is 14.7 Å². The van der Waals surface area contributed by atoms with Gasteiger partial charge in [0.1, 0.15) is 5.82 Å². The predicted octanol–water partition coefficient (Wildman–Crippen LogP) is 3.33. The summed E-state index contributed by atoms with van der Waals surface area (Å²) >= 11 is 1.99. The lowest BCUT2D eigenvalue weighted by molar-refractivity contribution is 0.102. The lowest BCUT2D eigenvalue weighted by Gasteiger charge is -2.26. The number of nitrogens with one attached hydrogen (secondary N) is 1. The highest BCUT2D eigenvalue weighted by molar-refractivity contribution is 7.99. The Kier molecular flexibility index (Phi) is 5.48. The first kappa shape index (κ1) is 16.9. The first-order valence-electron chi connectivity index (χ1n) is 7.93. The average molecular weight is 345 g/mol. The number of hydrogen-bond donors (Lipinski definition) is 1. The van der Waals surface area contributed by atoms with E-state index >= 15 is 0 Å². The van der Waals surface area contributed by atoms with Crippen LogP contribution in [-0.2, 0) is 6.54 Å². The first-order valence-corrected chi connectivity index (χ1v) is 9.09. The Morgan fingerprint density at radius 1 is 1.29 bits per heavy atom. The third kappa shape index (κ3) is 4.33. The molecular formula is C18H20FN3OS. The molecule has 126 valence electrons. The van der Waals surface area contributed by atoms with Gasteiger partial charge >= 0.3 is 0 Å². The molecule has 1 saturated heterocycles. The number of halogens is 1. The summed E-state index contributed by atoms with van der Waals surface area (Å²) < 4.78 is 13.2. The topological polar surface area (TPSA) is 45.2 Å². The molecule has 1 aliphatic rings. The number of carbonyl (C=O) groups excluding carboxylic acids is 1. The predicted molar refractivity (Wildman–Crippen MR) is 95.9 cm³/mol. The minimum Gasteiger partial charge on any atom is -0.322 e. The summed E-state index contributed by atoms with van der Waals surface area (Å²) in [4.78, 5) is 18.4. The summed E-state index contributed by atoms with van der Waals surface area (Å²) in [6.45, 7) is 5.01. The van der Waals surface area contributed by atoms with Crippen molar-refractivity contribution in [2.45, 2.75) is 13.5 Å². The molecule has 2 aromatic rings. The van der Waals surface area contributed by atoms with Gasteiger partial charge in [0.25, 0.3) is 5.91 Å². The molecule has 2 heterocycles. The monoisotopic (exact) mass is 345 g/mol. The summed E-state index contributed by atoms with van der Waals surface area (Å²) in [5, 5.41) is 2.86. The van der Waals surface area contributed by atoms with Gasteiger partial charge in [-0.2, -0.15) is 11.8 Å². The zero-order chi connectivity index (χ0) is 16.9. The lowest BCUT2D eigenvalue weighted by Crippen LogP contribution is -2.32. The van der Waals surface area contributed by atoms with E-state index in [4.69, 9.17) is 0 Å². The quantitative estimate of drug-likeness (QED) is 0.923. The maximum absolute atomic E-state index is 13.2. The van der Waals surface area contributed by atoms with Crippen molar-refractivity contribution in [3.63, 3.8) is 0 Å². The fourth-order valence-corrected chi connectivity index (χ4v) is 3.63. The second kappa shape index (κ2) is 7.77. The number of rotatable bonds is 4. The molecule has 3 rings (SSSR count). The highest BCUT2D eigenvalue weighted by atomic mass is 32.2. The summed E-state index contributed by atoms with van der Waals surface area (Å²) in [7, 11) is 0. The number of amides is 1. The van der Waals surface area contributed by atoms with Crippen molar-refractivity contribution >= 4 is 23.4 Å². The smallest absolute Gasteiger partial charge is 0.257 e. The molecule has 1 amide bonds. The highest BCUT2D eigenvalue weighted by Gasteiger charge is 2.13. The van der Waals surface area contributed by atoms with Crippen molar-refractivity contribution in [2.24, 2.45) is 0 Å². The zero-order valence-corrected chi connectivity index (χ0v) is 14.4. The summed E-state index contributed by atoms with van der Waals surface area (Å²) in [5.41, 5.74) is 3.12. The summed E-state index contributed by atoms with van der Waals surface area (Å²) in [6.07, 6.45) is 2.45. The van der Waals surface area contributed by atoms with Gasteiger partial charge in [0.2, 0.25) is 0 Å². The molecule has 24 heavy (non-hydrogen) atoms. The van der Waals surface area contributed by atoms with Gasteiger partial charge in [-0.1, -0.05) is 12.1 Å². The van der Waals surface area contributed by atoms with Crippen molar-refractivity contribution in [1.82, 2.24) is 9.88 Å². The van der Waals surface area contributed by atoms with Crippen LogP contribution in [0.25, 0.3) is 0 Å². The van der Waals surface area contributed by atoms with E-state index in [1.54, 1.807) is 0 Å². The molecular weight excluding hydrogens is 325 g/mol. The maximum Gasteiger partial charge on any atom is 0.257 e. The number of carbonyl (C=O) groups is 1. The Hall–Kier alpha value is -1.92. The molecule has 0 saturated carbocycles. The van der Waals surface area contributed by atoms with E-state index in [0.717, 1.165) is 37.1 Å². The first-order chi connectivity index (χ1) is 11.6. The van der Waals surface area contributed by atoms with Gasteiger partial charge in [0.05, 0.1) is 11.8 Å². The second-order valence-corrected chi connectivity index (χ2v) is 7.11. The van der Waals surface area contributed by atoms with Crippen LogP contribution >= 0.6 is 11.8 Å². The highest BCUT2D eigenvalue weighted by Crippen LogP contribution is 2.20. The van der Waals surface area contributed by atoms with Crippen LogP contribution in [0.5, 0.6) is 0 Å². The molecule has 0 spiro atoms. The van der Waals surface area contributed by atoms with E-state index in [2.05, 4.69) is 21.3 Å². The van der Waals surface area contributed by atoms with E-state index in [9.17, 15) is 9.18 Å². The van der Waals surface area contributed by atoms with Crippen molar-refractivity contribution < 1.29 is 9.18 Å². The third-order valence-corrected chi connectivity index (χ3v) is 4.97. The van der Waals surface area contributed by atoms with E-state index in [-0.39, 0.29) is 11.5 Å². The van der Waals surface area contributed by atoms with Crippen LogP contribution in [0, 0.1) is 12.7 Å². The standard InChI is InChI=1S/C18H20FN3OS/c1-13-2-3-14(12-22-4-6-24-7-5-22)8-17(13)21-18(23)15-9-16(19)11-20-10-15/h2-3,8-11H,4-7,12H2,1H3,(H,21,23). The molecule has 1 N–H and O–H groups in total. The minimum atomic E-state index is -0.518. The second-order valence-electron chi connectivity index (χ2n) is 5.88. The van der Waals surface area contributed by atoms with Crippen LogP contribution in [0.15, 0.2) is 36.7 Å². The molecule has 4 nitrogen and oxygen atoms in total. The number of benzene rings is 1. The Balaban J connectivity index is 1.72. The fourth-order valence-electron chi connectivity index (χ4n) is 2.65. The molecule has 1 fully saturated rings. The van der Waals surface area contributed by atoms with Crippen molar-refractivity contribution in [1.29, 1.82) is 0 Å². The van der Waals surface area contributed by atoms with E-state index < -0.39 is 5.82 Å². The molecule has 1 aliphatic heterocycles. The fraction of sp³-hybridized carbons (Fsp3) is 0.333. The Bertz CT molecular complexity index is 732. The van der Waals surface area contributed by atoms with Crippen molar-refractivity contribution in [2.75, 3.05) is 29.9 Å². The maximum atomic E-state index is 13.2. The number of nitrogens with zero attached hydrogens (tertiary/aromatic N) is 2. The number of pyridine rings is 1. The zero-order valence-electron chi connectivity index (χ0n) is 13.6. The van der Waals surface area contributed by atoms with Crippen LogP contribution in [0.2, 0.25) is 0 Å². The number of aromatic nitrogens is 1. The third-order valence-electron chi connectivity index (χ3n) is 4.03. The van der Waals surface area contributed by atoms with Crippen LogP contribution in [0.1, 0.15) is 21.5 Å². The van der Waals surface area contributed by atoms with Gasteiger partial charge in [-0.05, 0) is 30.2 Å². The molecule has 6 heteroatoms.